The topological polar surface area (TPSA) is 3.24 Å². The van der Waals surface area contributed by atoms with Gasteiger partial charge in [-0.05, 0) is 29.8 Å². The van der Waals surface area contributed by atoms with Gasteiger partial charge in [-0.15, -0.1) is 0 Å². The molecule has 0 aliphatic carbocycles. The molecule has 0 bridgehead atoms. The van der Waals surface area contributed by atoms with E-state index in [0.29, 0.717) is 0 Å². The van der Waals surface area contributed by atoms with Crippen LogP contribution in [-0.4, -0.2) is 7.05 Å². The lowest BCUT2D eigenvalue weighted by Gasteiger charge is -2.19. The minimum absolute atomic E-state index is 0.920. The number of halogens is 1. The second kappa shape index (κ2) is 5.17. The van der Waals surface area contributed by atoms with Crippen LogP contribution >= 0.6 is 15.9 Å². The van der Waals surface area contributed by atoms with Crippen LogP contribution in [0.3, 0.4) is 0 Å². The van der Waals surface area contributed by atoms with E-state index in [1.807, 2.05) is 12.1 Å². The summed E-state index contributed by atoms with van der Waals surface area (Å²) in [5.41, 5.74) is 2.54. The highest BCUT2D eigenvalue weighted by atomic mass is 79.9. The maximum atomic E-state index is 3.49. The summed E-state index contributed by atoms with van der Waals surface area (Å²) >= 11 is 3.49. The van der Waals surface area contributed by atoms with Gasteiger partial charge in [0.2, 0.25) is 0 Å². The number of nitrogens with zero attached hydrogens (tertiary/aromatic N) is 1. The maximum absolute atomic E-state index is 3.49. The first-order valence-electron chi connectivity index (χ1n) is 5.26. The fourth-order valence-electron chi connectivity index (χ4n) is 1.68. The molecule has 0 spiro atoms. The molecule has 0 aliphatic rings. The molecular weight excluding hydrogens is 262 g/mol. The van der Waals surface area contributed by atoms with Crippen molar-refractivity contribution < 1.29 is 0 Å². The molecule has 0 unspecified atom stereocenters. The van der Waals surface area contributed by atoms with Crippen LogP contribution < -0.4 is 4.90 Å². The van der Waals surface area contributed by atoms with Crippen LogP contribution in [0.2, 0.25) is 0 Å². The average Bonchev–Trinajstić information content (AvgIpc) is 2.30. The van der Waals surface area contributed by atoms with Crippen molar-refractivity contribution in [3.63, 3.8) is 0 Å². The monoisotopic (exact) mass is 275 g/mol. The smallest absolute Gasteiger partial charge is 0.0426 e. The highest BCUT2D eigenvalue weighted by molar-refractivity contribution is 9.10. The molecule has 0 aliphatic heterocycles. The Bertz CT molecular complexity index is 453. The van der Waals surface area contributed by atoms with Gasteiger partial charge in [0.15, 0.2) is 0 Å². The molecule has 16 heavy (non-hydrogen) atoms. The lowest BCUT2D eigenvalue weighted by atomic mass is 10.2. The van der Waals surface area contributed by atoms with E-state index < -0.39 is 0 Å². The molecule has 0 aromatic heterocycles. The number of anilines is 1. The summed E-state index contributed by atoms with van der Waals surface area (Å²) < 4.78 is 1.13. The minimum atomic E-state index is 0.920. The molecule has 0 N–H and O–H groups in total. The Morgan fingerprint density at radius 2 is 1.75 bits per heavy atom. The number of benzene rings is 2. The summed E-state index contributed by atoms with van der Waals surface area (Å²) in [6, 6.07) is 18.8. The van der Waals surface area contributed by atoms with E-state index in [2.05, 4.69) is 70.3 Å². The lowest BCUT2D eigenvalue weighted by Crippen LogP contribution is -2.15. The molecule has 2 rings (SSSR count). The molecule has 2 aromatic carbocycles. The van der Waals surface area contributed by atoms with Gasteiger partial charge in [0, 0.05) is 23.8 Å². The first kappa shape index (κ1) is 11.2. The largest absolute Gasteiger partial charge is 0.370 e. The first-order valence-corrected chi connectivity index (χ1v) is 6.05. The Kier molecular flexibility index (Phi) is 3.62. The van der Waals surface area contributed by atoms with E-state index in [1.54, 1.807) is 0 Å². The molecule has 0 fully saturated rings. The van der Waals surface area contributed by atoms with Crippen LogP contribution in [0.15, 0.2) is 59.1 Å². The van der Waals surface area contributed by atoms with Gasteiger partial charge in [-0.1, -0.05) is 46.3 Å². The summed E-state index contributed by atoms with van der Waals surface area (Å²) in [7, 11) is 2.11. The Morgan fingerprint density at radius 1 is 1.00 bits per heavy atom. The second-order valence-electron chi connectivity index (χ2n) is 3.82. The van der Waals surface area contributed by atoms with Gasteiger partial charge in [0.05, 0.1) is 0 Å². The summed E-state index contributed by atoms with van der Waals surface area (Å²) in [5, 5.41) is 0. The van der Waals surface area contributed by atoms with Crippen molar-refractivity contribution in [3.8, 4) is 0 Å². The quantitative estimate of drug-likeness (QED) is 0.816. The molecule has 2 heteroatoms. The number of hydrogen-bond donors (Lipinski definition) is 0. The van der Waals surface area contributed by atoms with Crippen molar-refractivity contribution in [2.24, 2.45) is 0 Å². The summed E-state index contributed by atoms with van der Waals surface area (Å²) in [6.07, 6.45) is 0. The molecule has 0 amide bonds. The van der Waals surface area contributed by atoms with E-state index in [0.717, 1.165) is 11.0 Å². The zero-order valence-corrected chi connectivity index (χ0v) is 10.8. The van der Waals surface area contributed by atoms with Crippen LogP contribution in [0.5, 0.6) is 0 Å². The zero-order valence-electron chi connectivity index (χ0n) is 9.23. The van der Waals surface area contributed by atoms with Crippen LogP contribution in [0, 0.1) is 0 Å². The predicted molar refractivity (Wildman–Crippen MR) is 72.7 cm³/mol. The fraction of sp³-hybridized carbons (Fsp3) is 0.143. The average molecular weight is 276 g/mol. The second-order valence-corrected chi connectivity index (χ2v) is 4.74. The zero-order chi connectivity index (χ0) is 11.4. The third-order valence-electron chi connectivity index (χ3n) is 2.51. The third-order valence-corrected chi connectivity index (χ3v) is 3.00. The van der Waals surface area contributed by atoms with E-state index in [9.17, 15) is 0 Å². The van der Waals surface area contributed by atoms with Gasteiger partial charge in [0.1, 0.15) is 0 Å². The van der Waals surface area contributed by atoms with E-state index >= 15 is 0 Å². The summed E-state index contributed by atoms with van der Waals surface area (Å²) in [6.45, 7) is 0.920. The van der Waals surface area contributed by atoms with Gasteiger partial charge < -0.3 is 4.90 Å². The van der Waals surface area contributed by atoms with Crippen LogP contribution in [0.4, 0.5) is 5.69 Å². The Labute approximate surface area is 105 Å². The van der Waals surface area contributed by atoms with Crippen molar-refractivity contribution in [2.45, 2.75) is 6.54 Å². The molecule has 0 saturated heterocycles. The van der Waals surface area contributed by atoms with Crippen molar-refractivity contribution in [2.75, 3.05) is 11.9 Å². The molecule has 0 atom stereocenters. The number of para-hydroxylation sites is 1. The van der Waals surface area contributed by atoms with Gasteiger partial charge >= 0.3 is 0 Å². The highest BCUT2D eigenvalue weighted by Crippen LogP contribution is 2.17. The molecule has 2 aromatic rings. The van der Waals surface area contributed by atoms with E-state index in [4.69, 9.17) is 0 Å². The summed E-state index contributed by atoms with van der Waals surface area (Å²) in [4.78, 5) is 2.24. The van der Waals surface area contributed by atoms with Gasteiger partial charge in [0.25, 0.3) is 0 Å². The van der Waals surface area contributed by atoms with Crippen molar-refractivity contribution in [1.82, 2.24) is 0 Å². The highest BCUT2D eigenvalue weighted by Gasteiger charge is 2.01. The van der Waals surface area contributed by atoms with Crippen LogP contribution in [-0.2, 0) is 6.54 Å². The van der Waals surface area contributed by atoms with Gasteiger partial charge in [-0.2, -0.15) is 0 Å². The van der Waals surface area contributed by atoms with Gasteiger partial charge in [-0.25, -0.2) is 0 Å². The molecule has 0 heterocycles. The Hall–Kier alpha value is -1.28. The van der Waals surface area contributed by atoms with Crippen molar-refractivity contribution in [1.29, 1.82) is 0 Å². The number of hydrogen-bond acceptors (Lipinski definition) is 1. The van der Waals surface area contributed by atoms with Crippen molar-refractivity contribution >= 4 is 21.6 Å². The lowest BCUT2D eigenvalue weighted by molar-refractivity contribution is 0.922. The van der Waals surface area contributed by atoms with Crippen LogP contribution in [0.25, 0.3) is 0 Å². The fourth-order valence-corrected chi connectivity index (χ4v) is 2.13. The maximum Gasteiger partial charge on any atom is 0.0426 e. The summed E-state index contributed by atoms with van der Waals surface area (Å²) in [5.74, 6) is 0. The first-order chi connectivity index (χ1) is 7.75. The molecule has 82 valence electrons. The van der Waals surface area contributed by atoms with E-state index in [-0.39, 0.29) is 0 Å². The third kappa shape index (κ3) is 2.86. The standard InChI is InChI=1S/C14H14BrN/c1-16(14-8-3-2-4-9-14)11-12-6-5-7-13(15)10-12/h2-10H,11H2,1H3. The van der Waals surface area contributed by atoms with Gasteiger partial charge in [-0.3, -0.25) is 0 Å². The van der Waals surface area contributed by atoms with Crippen molar-refractivity contribution in [3.05, 3.63) is 64.6 Å². The molecule has 0 radical (unpaired) electrons. The van der Waals surface area contributed by atoms with E-state index in [1.165, 1.54) is 11.3 Å². The minimum Gasteiger partial charge on any atom is -0.370 e. The van der Waals surface area contributed by atoms with Crippen LogP contribution in [0.1, 0.15) is 5.56 Å². The Morgan fingerprint density at radius 3 is 2.44 bits per heavy atom. The number of rotatable bonds is 3. The molecule has 1 nitrogen and oxygen atoms in total. The SMILES string of the molecule is CN(Cc1cccc(Br)c1)c1ccccc1. The Balaban J connectivity index is 2.11. The molecular formula is C14H14BrN. The molecule has 0 saturated carbocycles. The normalized spacial score (nSPS) is 10.1. The predicted octanol–water partition coefficient (Wildman–Crippen LogP) is 4.09.